The highest BCUT2D eigenvalue weighted by molar-refractivity contribution is 7.07. The lowest BCUT2D eigenvalue weighted by atomic mass is 9.81. The molecular formula is C25H28FN3O2S. The highest BCUT2D eigenvalue weighted by atomic mass is 32.1. The Morgan fingerprint density at radius 3 is 3.00 bits per heavy atom. The van der Waals surface area contributed by atoms with E-state index in [1.54, 1.807) is 24.9 Å². The third kappa shape index (κ3) is 5.44. The number of benzene rings is 1. The number of alkyl halides is 1. The highest BCUT2D eigenvalue weighted by Crippen LogP contribution is 2.35. The van der Waals surface area contributed by atoms with Crippen LogP contribution in [-0.4, -0.2) is 53.3 Å². The highest BCUT2D eigenvalue weighted by Gasteiger charge is 2.29. The summed E-state index contributed by atoms with van der Waals surface area (Å²) in [6.07, 6.45) is 2.72. The Hall–Kier alpha value is -2.53. The second kappa shape index (κ2) is 10.9. The number of likely N-dealkylation sites (tertiary alicyclic amines) is 1. The maximum Gasteiger partial charge on any atom is 0.126 e. The fourth-order valence-electron chi connectivity index (χ4n) is 4.47. The SMILES string of the molecule is COc1ccc2nccc([C@@H](F)CC[C@@H]3CCN(CC#Cc4cscn4)C[C@@H]3CO)c2c1. The second-order valence-electron chi connectivity index (χ2n) is 8.23. The van der Waals surface area contributed by atoms with Crippen molar-refractivity contribution in [2.75, 3.05) is 33.4 Å². The van der Waals surface area contributed by atoms with Gasteiger partial charge in [-0.3, -0.25) is 9.88 Å². The van der Waals surface area contributed by atoms with E-state index in [2.05, 4.69) is 26.7 Å². The van der Waals surface area contributed by atoms with E-state index in [0.717, 1.165) is 42.5 Å². The molecule has 1 N–H and O–H groups in total. The average Bonchev–Trinajstić information content (AvgIpc) is 3.35. The maximum atomic E-state index is 15.3. The number of aliphatic hydroxyl groups excluding tert-OH is 1. The zero-order valence-electron chi connectivity index (χ0n) is 18.2. The maximum absolute atomic E-state index is 15.3. The number of nitrogens with zero attached hydrogens (tertiary/aromatic N) is 3. The Balaban J connectivity index is 1.35. The molecule has 1 aliphatic rings. The lowest BCUT2D eigenvalue weighted by molar-refractivity contribution is 0.0708. The summed E-state index contributed by atoms with van der Waals surface area (Å²) < 4.78 is 20.6. The van der Waals surface area contributed by atoms with Crippen molar-refractivity contribution in [2.45, 2.75) is 25.4 Å². The number of fused-ring (bicyclic) bond motifs is 1. The largest absolute Gasteiger partial charge is 0.497 e. The second-order valence-corrected chi connectivity index (χ2v) is 8.95. The molecule has 0 bridgehead atoms. The van der Waals surface area contributed by atoms with E-state index in [9.17, 15) is 5.11 Å². The van der Waals surface area contributed by atoms with Crippen LogP contribution in [0.5, 0.6) is 5.75 Å². The molecule has 0 unspecified atom stereocenters. The number of aromatic nitrogens is 2. The molecule has 1 aliphatic heterocycles. The molecule has 0 radical (unpaired) electrons. The van der Waals surface area contributed by atoms with E-state index in [0.29, 0.717) is 30.2 Å². The van der Waals surface area contributed by atoms with Gasteiger partial charge in [0, 0.05) is 30.1 Å². The van der Waals surface area contributed by atoms with Gasteiger partial charge in [0.2, 0.25) is 0 Å². The van der Waals surface area contributed by atoms with Gasteiger partial charge in [-0.2, -0.15) is 0 Å². The van der Waals surface area contributed by atoms with Crippen LogP contribution in [-0.2, 0) is 0 Å². The first kappa shape index (κ1) is 22.7. The Morgan fingerprint density at radius 1 is 1.31 bits per heavy atom. The van der Waals surface area contributed by atoms with Crippen molar-refractivity contribution in [1.29, 1.82) is 0 Å². The van der Waals surface area contributed by atoms with Crippen LogP contribution in [0.15, 0.2) is 41.4 Å². The lowest BCUT2D eigenvalue weighted by Gasteiger charge is -2.37. The molecule has 3 atom stereocenters. The molecule has 1 saturated heterocycles. The molecule has 0 spiro atoms. The summed E-state index contributed by atoms with van der Waals surface area (Å²) in [5, 5.41) is 12.7. The summed E-state index contributed by atoms with van der Waals surface area (Å²) >= 11 is 1.54. The zero-order valence-corrected chi connectivity index (χ0v) is 19.0. The van der Waals surface area contributed by atoms with Crippen molar-refractivity contribution in [3.05, 3.63) is 52.6 Å². The number of methoxy groups -OCH3 is 1. The standard InChI is InChI=1S/C25H28FN3O2S/c1-31-21-5-7-25-23(13-21)22(8-10-27-25)24(26)6-4-18-9-12-29(14-19(18)15-30)11-2-3-20-16-32-17-28-20/h5,7-8,10,13,16-19,24,30H,4,6,9,11-12,14-15H2,1H3/t18-,19-,24+/m1/s1. The summed E-state index contributed by atoms with van der Waals surface area (Å²) in [5.74, 6) is 7.41. The first-order valence-corrected chi connectivity index (χ1v) is 11.9. The topological polar surface area (TPSA) is 58.5 Å². The van der Waals surface area contributed by atoms with E-state index in [1.807, 2.05) is 23.6 Å². The molecular weight excluding hydrogens is 425 g/mol. The fourth-order valence-corrected chi connectivity index (χ4v) is 4.95. The molecule has 4 rings (SSSR count). The smallest absolute Gasteiger partial charge is 0.126 e. The van der Waals surface area contributed by atoms with Gasteiger partial charge in [-0.25, -0.2) is 9.37 Å². The molecule has 0 saturated carbocycles. The van der Waals surface area contributed by atoms with Gasteiger partial charge in [0.1, 0.15) is 17.6 Å². The van der Waals surface area contributed by atoms with Crippen molar-refractivity contribution in [1.82, 2.24) is 14.9 Å². The van der Waals surface area contributed by atoms with Crippen LogP contribution in [0.4, 0.5) is 4.39 Å². The Morgan fingerprint density at radius 2 is 2.22 bits per heavy atom. The third-order valence-electron chi connectivity index (χ3n) is 6.27. The number of aliphatic hydroxyl groups is 1. The number of hydrogen-bond donors (Lipinski definition) is 1. The zero-order chi connectivity index (χ0) is 22.3. The predicted octanol–water partition coefficient (Wildman–Crippen LogP) is 4.47. The van der Waals surface area contributed by atoms with Crippen LogP contribution in [0.2, 0.25) is 0 Å². The third-order valence-corrected chi connectivity index (χ3v) is 6.86. The van der Waals surface area contributed by atoms with Gasteiger partial charge in [0.15, 0.2) is 0 Å². The summed E-state index contributed by atoms with van der Waals surface area (Å²) in [4.78, 5) is 10.8. The molecule has 0 amide bonds. The molecule has 3 aromatic rings. The molecule has 168 valence electrons. The van der Waals surface area contributed by atoms with Crippen LogP contribution in [0.3, 0.4) is 0 Å². The Kier molecular flexibility index (Phi) is 7.69. The monoisotopic (exact) mass is 453 g/mol. The molecule has 0 aliphatic carbocycles. The molecule has 2 aromatic heterocycles. The van der Waals surface area contributed by atoms with Crippen molar-refractivity contribution in [3.8, 4) is 17.6 Å². The number of rotatable bonds is 7. The molecule has 32 heavy (non-hydrogen) atoms. The first-order valence-electron chi connectivity index (χ1n) is 10.9. The van der Waals surface area contributed by atoms with Crippen LogP contribution >= 0.6 is 11.3 Å². The molecule has 7 heteroatoms. The van der Waals surface area contributed by atoms with E-state index >= 15 is 4.39 Å². The van der Waals surface area contributed by atoms with E-state index in [-0.39, 0.29) is 12.5 Å². The van der Waals surface area contributed by atoms with Crippen molar-refractivity contribution in [3.63, 3.8) is 0 Å². The van der Waals surface area contributed by atoms with E-state index < -0.39 is 6.17 Å². The van der Waals surface area contributed by atoms with Gasteiger partial charge < -0.3 is 9.84 Å². The Bertz CT molecular complexity index is 1080. The normalized spacial score (nSPS) is 20.0. The number of thiazole rings is 1. The molecule has 1 fully saturated rings. The van der Waals surface area contributed by atoms with Gasteiger partial charge >= 0.3 is 0 Å². The van der Waals surface area contributed by atoms with Gasteiger partial charge in [-0.1, -0.05) is 5.92 Å². The number of halogens is 1. The van der Waals surface area contributed by atoms with Crippen molar-refractivity contribution >= 4 is 22.2 Å². The minimum absolute atomic E-state index is 0.118. The number of pyridine rings is 1. The average molecular weight is 454 g/mol. The van der Waals surface area contributed by atoms with Crippen LogP contribution in [0.25, 0.3) is 10.9 Å². The summed E-state index contributed by atoms with van der Waals surface area (Å²) in [6.45, 7) is 2.49. The molecule has 5 nitrogen and oxygen atoms in total. The van der Waals surface area contributed by atoms with Gasteiger partial charge in [0.05, 0.1) is 24.7 Å². The quantitative estimate of drug-likeness (QED) is 0.535. The summed E-state index contributed by atoms with van der Waals surface area (Å²) in [5.41, 5.74) is 4.01. The van der Waals surface area contributed by atoms with E-state index in [4.69, 9.17) is 4.74 Å². The first-order chi connectivity index (χ1) is 15.7. The van der Waals surface area contributed by atoms with Gasteiger partial charge in [-0.05, 0) is 73.4 Å². The summed E-state index contributed by atoms with van der Waals surface area (Å²) in [7, 11) is 1.61. The van der Waals surface area contributed by atoms with Crippen molar-refractivity contribution in [2.24, 2.45) is 11.8 Å². The van der Waals surface area contributed by atoms with E-state index in [1.165, 1.54) is 11.3 Å². The lowest BCUT2D eigenvalue weighted by Crippen LogP contribution is -2.42. The number of hydrogen-bond acceptors (Lipinski definition) is 6. The number of piperidine rings is 1. The number of ether oxygens (including phenoxy) is 1. The van der Waals surface area contributed by atoms with Gasteiger partial charge in [0.25, 0.3) is 0 Å². The van der Waals surface area contributed by atoms with Crippen LogP contribution < -0.4 is 4.74 Å². The Labute approximate surface area is 192 Å². The van der Waals surface area contributed by atoms with Crippen LogP contribution in [0.1, 0.15) is 36.7 Å². The summed E-state index contributed by atoms with van der Waals surface area (Å²) in [6, 6.07) is 7.32. The van der Waals surface area contributed by atoms with Crippen LogP contribution in [0, 0.1) is 23.7 Å². The predicted molar refractivity (Wildman–Crippen MR) is 125 cm³/mol. The van der Waals surface area contributed by atoms with Gasteiger partial charge in [-0.15, -0.1) is 11.3 Å². The minimum Gasteiger partial charge on any atom is -0.497 e. The fraction of sp³-hybridized carbons (Fsp3) is 0.440. The molecule has 1 aromatic carbocycles. The minimum atomic E-state index is -1.08. The van der Waals surface area contributed by atoms with Crippen molar-refractivity contribution < 1.29 is 14.2 Å². The molecule has 3 heterocycles.